The van der Waals surface area contributed by atoms with E-state index in [0.29, 0.717) is 38.9 Å². The summed E-state index contributed by atoms with van der Waals surface area (Å²) < 4.78 is 26.9. The lowest BCUT2D eigenvalue weighted by atomic mass is 9.97. The summed E-state index contributed by atoms with van der Waals surface area (Å²) in [6, 6.07) is 19.3. The van der Waals surface area contributed by atoms with E-state index in [1.54, 1.807) is 11.3 Å². The fourth-order valence-electron chi connectivity index (χ4n) is 3.87. The van der Waals surface area contributed by atoms with Crippen LogP contribution in [0, 0.1) is 5.92 Å². The standard InChI is InChI=1S/C24H27N3O3S2/c28-23(25-14-11-22-17-31-24(26-22)21-9-5-2-6-10-21)20-12-15-27(16-13-20)32(29,30)18-19-7-3-1-4-8-19/h1-10,17,20H,11-16,18H2,(H,25,28). The van der Waals surface area contributed by atoms with Gasteiger partial charge in [0, 0.05) is 42.9 Å². The van der Waals surface area contributed by atoms with Crippen molar-refractivity contribution in [1.82, 2.24) is 14.6 Å². The second kappa shape index (κ2) is 10.4. The molecule has 3 aromatic rings. The lowest BCUT2D eigenvalue weighted by Gasteiger charge is -2.30. The molecule has 6 nitrogen and oxygen atoms in total. The van der Waals surface area contributed by atoms with E-state index < -0.39 is 10.0 Å². The molecular formula is C24H27N3O3S2. The summed E-state index contributed by atoms with van der Waals surface area (Å²) in [5, 5.41) is 6.02. The summed E-state index contributed by atoms with van der Waals surface area (Å²) in [5.74, 6) is -0.138. The molecule has 2 heterocycles. The predicted octanol–water partition coefficient (Wildman–Crippen LogP) is 3.71. The maximum absolute atomic E-state index is 12.7. The second-order valence-electron chi connectivity index (χ2n) is 7.97. The molecule has 1 aromatic heterocycles. The third kappa shape index (κ3) is 5.82. The predicted molar refractivity (Wildman–Crippen MR) is 128 cm³/mol. The number of rotatable bonds is 8. The molecule has 0 bridgehead atoms. The van der Waals surface area contributed by atoms with Crippen LogP contribution in [0.3, 0.4) is 0 Å². The summed E-state index contributed by atoms with van der Waals surface area (Å²) >= 11 is 1.61. The van der Waals surface area contributed by atoms with Gasteiger partial charge < -0.3 is 5.32 Å². The van der Waals surface area contributed by atoms with Crippen LogP contribution in [-0.4, -0.2) is 43.2 Å². The fourth-order valence-corrected chi connectivity index (χ4v) is 6.29. The van der Waals surface area contributed by atoms with Crippen molar-refractivity contribution in [3.63, 3.8) is 0 Å². The summed E-state index contributed by atoms with van der Waals surface area (Å²) in [6.07, 6.45) is 1.78. The van der Waals surface area contributed by atoms with Crippen LogP contribution < -0.4 is 5.32 Å². The minimum absolute atomic E-state index is 0.00329. The number of carbonyl (C=O) groups excluding carboxylic acids is 1. The number of benzene rings is 2. The Morgan fingerprint density at radius 2 is 1.69 bits per heavy atom. The van der Waals surface area contributed by atoms with E-state index >= 15 is 0 Å². The molecule has 8 heteroatoms. The van der Waals surface area contributed by atoms with Crippen LogP contribution in [0.25, 0.3) is 10.6 Å². The quantitative estimate of drug-likeness (QED) is 0.545. The Hall–Kier alpha value is -2.55. The highest BCUT2D eigenvalue weighted by atomic mass is 32.2. The zero-order valence-electron chi connectivity index (χ0n) is 17.8. The number of aromatic nitrogens is 1. The zero-order valence-corrected chi connectivity index (χ0v) is 19.4. The number of piperidine rings is 1. The molecule has 1 fully saturated rings. The molecule has 1 aliphatic rings. The SMILES string of the molecule is O=C(NCCc1csc(-c2ccccc2)n1)C1CCN(S(=O)(=O)Cc2ccccc2)CC1. The lowest BCUT2D eigenvalue weighted by molar-refractivity contribution is -0.126. The Morgan fingerprint density at radius 3 is 2.38 bits per heavy atom. The molecular weight excluding hydrogens is 442 g/mol. The number of hydrogen-bond donors (Lipinski definition) is 1. The number of hydrogen-bond acceptors (Lipinski definition) is 5. The molecule has 2 aromatic carbocycles. The molecule has 1 amide bonds. The van der Waals surface area contributed by atoms with Gasteiger partial charge in [0.15, 0.2) is 0 Å². The van der Waals surface area contributed by atoms with E-state index in [2.05, 4.69) is 10.3 Å². The van der Waals surface area contributed by atoms with E-state index in [1.807, 2.05) is 66.0 Å². The first-order valence-electron chi connectivity index (χ1n) is 10.8. The number of nitrogens with one attached hydrogen (secondary N) is 1. The van der Waals surface area contributed by atoms with Gasteiger partial charge in [-0.2, -0.15) is 0 Å². The Labute approximate surface area is 193 Å². The first-order chi connectivity index (χ1) is 15.5. The summed E-state index contributed by atoms with van der Waals surface area (Å²) in [5.41, 5.74) is 2.85. The molecule has 0 saturated carbocycles. The maximum atomic E-state index is 12.7. The second-order valence-corrected chi connectivity index (χ2v) is 10.8. The third-order valence-electron chi connectivity index (χ3n) is 5.66. The van der Waals surface area contributed by atoms with Gasteiger partial charge in [-0.1, -0.05) is 60.7 Å². The molecule has 0 unspecified atom stereocenters. The van der Waals surface area contributed by atoms with Crippen molar-refractivity contribution in [2.24, 2.45) is 5.92 Å². The molecule has 32 heavy (non-hydrogen) atoms. The Morgan fingerprint density at radius 1 is 1.03 bits per heavy atom. The zero-order chi connectivity index (χ0) is 22.4. The van der Waals surface area contributed by atoms with Crippen molar-refractivity contribution in [3.8, 4) is 10.6 Å². The topological polar surface area (TPSA) is 79.4 Å². The first kappa shape index (κ1) is 22.6. The number of thiazole rings is 1. The van der Waals surface area contributed by atoms with Crippen molar-refractivity contribution in [2.75, 3.05) is 19.6 Å². The Balaban J connectivity index is 1.22. The highest BCUT2D eigenvalue weighted by molar-refractivity contribution is 7.88. The van der Waals surface area contributed by atoms with Crippen LogP contribution in [0.2, 0.25) is 0 Å². The fraction of sp³-hybridized carbons (Fsp3) is 0.333. The molecule has 0 atom stereocenters. The van der Waals surface area contributed by atoms with Crippen LogP contribution >= 0.6 is 11.3 Å². The van der Waals surface area contributed by atoms with Gasteiger partial charge in [-0.05, 0) is 18.4 Å². The van der Waals surface area contributed by atoms with Crippen molar-refractivity contribution in [1.29, 1.82) is 0 Å². The molecule has 1 aliphatic heterocycles. The van der Waals surface area contributed by atoms with Gasteiger partial charge in [-0.15, -0.1) is 11.3 Å². The largest absolute Gasteiger partial charge is 0.355 e. The first-order valence-corrected chi connectivity index (χ1v) is 13.3. The van der Waals surface area contributed by atoms with E-state index in [1.165, 1.54) is 4.31 Å². The lowest BCUT2D eigenvalue weighted by Crippen LogP contribution is -2.43. The Bertz CT molecular complexity index is 1120. The summed E-state index contributed by atoms with van der Waals surface area (Å²) in [6.45, 7) is 1.31. The highest BCUT2D eigenvalue weighted by Gasteiger charge is 2.31. The average Bonchev–Trinajstić information content (AvgIpc) is 3.29. The summed E-state index contributed by atoms with van der Waals surface area (Å²) in [7, 11) is -3.36. The normalized spacial score (nSPS) is 15.5. The molecule has 1 N–H and O–H groups in total. The highest BCUT2D eigenvalue weighted by Crippen LogP contribution is 2.24. The van der Waals surface area contributed by atoms with Crippen molar-refractivity contribution >= 4 is 27.3 Å². The van der Waals surface area contributed by atoms with Crippen LogP contribution in [-0.2, 0) is 27.0 Å². The number of carbonyl (C=O) groups is 1. The van der Waals surface area contributed by atoms with Crippen LogP contribution in [0.5, 0.6) is 0 Å². The van der Waals surface area contributed by atoms with Gasteiger partial charge in [0.05, 0.1) is 11.4 Å². The molecule has 0 radical (unpaired) electrons. The van der Waals surface area contributed by atoms with Gasteiger partial charge in [-0.25, -0.2) is 17.7 Å². The van der Waals surface area contributed by atoms with Crippen molar-refractivity contribution in [2.45, 2.75) is 25.0 Å². The van der Waals surface area contributed by atoms with E-state index in [-0.39, 0.29) is 17.6 Å². The number of sulfonamides is 1. The molecule has 1 saturated heterocycles. The minimum atomic E-state index is -3.36. The van der Waals surface area contributed by atoms with Crippen molar-refractivity contribution in [3.05, 3.63) is 77.3 Å². The van der Waals surface area contributed by atoms with E-state index in [9.17, 15) is 13.2 Å². The van der Waals surface area contributed by atoms with Crippen molar-refractivity contribution < 1.29 is 13.2 Å². The number of amides is 1. The van der Waals surface area contributed by atoms with Gasteiger partial charge in [0.2, 0.25) is 15.9 Å². The number of nitrogens with zero attached hydrogens (tertiary/aromatic N) is 2. The van der Waals surface area contributed by atoms with Crippen LogP contribution in [0.15, 0.2) is 66.0 Å². The minimum Gasteiger partial charge on any atom is -0.355 e. The smallest absolute Gasteiger partial charge is 0.223 e. The van der Waals surface area contributed by atoms with Crippen LogP contribution in [0.4, 0.5) is 0 Å². The van der Waals surface area contributed by atoms with Gasteiger partial charge in [-0.3, -0.25) is 4.79 Å². The van der Waals surface area contributed by atoms with E-state index in [0.717, 1.165) is 21.8 Å². The van der Waals surface area contributed by atoms with Gasteiger partial charge in [0.1, 0.15) is 5.01 Å². The monoisotopic (exact) mass is 469 g/mol. The van der Waals surface area contributed by atoms with Crippen LogP contribution in [0.1, 0.15) is 24.1 Å². The van der Waals surface area contributed by atoms with Gasteiger partial charge >= 0.3 is 0 Å². The van der Waals surface area contributed by atoms with E-state index in [4.69, 9.17) is 0 Å². The molecule has 4 rings (SSSR count). The van der Waals surface area contributed by atoms with Gasteiger partial charge in [0.25, 0.3) is 0 Å². The average molecular weight is 470 g/mol. The molecule has 0 spiro atoms. The summed E-state index contributed by atoms with van der Waals surface area (Å²) in [4.78, 5) is 17.2. The molecule has 0 aliphatic carbocycles. The third-order valence-corrected chi connectivity index (χ3v) is 8.45. The maximum Gasteiger partial charge on any atom is 0.223 e. The Kier molecular flexibility index (Phi) is 7.34. The molecule has 168 valence electrons.